The van der Waals surface area contributed by atoms with Crippen molar-refractivity contribution in [2.45, 2.75) is 6.92 Å². The van der Waals surface area contributed by atoms with Crippen LogP contribution in [-0.4, -0.2) is 48.1 Å². The van der Waals surface area contributed by atoms with Crippen molar-refractivity contribution in [2.75, 3.05) is 26.2 Å². The average molecular weight is 272 g/mol. The predicted octanol–water partition coefficient (Wildman–Crippen LogP) is -0.0892. The van der Waals surface area contributed by atoms with Crippen molar-refractivity contribution in [3.8, 4) is 11.8 Å². The number of amides is 2. The van der Waals surface area contributed by atoms with Crippen LogP contribution in [0.5, 0.6) is 0 Å². The van der Waals surface area contributed by atoms with Gasteiger partial charge in [0.05, 0.1) is 6.54 Å². The van der Waals surface area contributed by atoms with Crippen LogP contribution < -0.4 is 5.32 Å². The number of nitrogens with zero attached hydrogens (tertiary/aromatic N) is 1. The van der Waals surface area contributed by atoms with Gasteiger partial charge in [-0.25, -0.2) is 0 Å². The van der Waals surface area contributed by atoms with Crippen molar-refractivity contribution in [3.63, 3.8) is 0 Å². The van der Waals surface area contributed by atoms with E-state index in [1.807, 2.05) is 13.0 Å². The van der Waals surface area contributed by atoms with E-state index >= 15 is 0 Å². The Kier molecular flexibility index (Phi) is 4.38. The minimum Gasteiger partial charge on any atom is -0.384 e. The van der Waals surface area contributed by atoms with Crippen LogP contribution in [0.15, 0.2) is 18.2 Å². The third-order valence-corrected chi connectivity index (χ3v) is 3.11. The first-order chi connectivity index (χ1) is 9.61. The van der Waals surface area contributed by atoms with Gasteiger partial charge in [-0.3, -0.25) is 9.59 Å². The Balaban J connectivity index is 2.26. The summed E-state index contributed by atoms with van der Waals surface area (Å²) in [5.41, 5.74) is 2.06. The summed E-state index contributed by atoms with van der Waals surface area (Å²) in [7, 11) is 0. The van der Waals surface area contributed by atoms with Crippen molar-refractivity contribution in [2.24, 2.45) is 0 Å². The molecule has 1 aliphatic heterocycles. The maximum atomic E-state index is 12.4. The van der Waals surface area contributed by atoms with Gasteiger partial charge >= 0.3 is 0 Å². The Morgan fingerprint density at radius 2 is 2.30 bits per heavy atom. The first kappa shape index (κ1) is 14.1. The van der Waals surface area contributed by atoms with Crippen molar-refractivity contribution >= 4 is 11.8 Å². The van der Waals surface area contributed by atoms with E-state index in [0.29, 0.717) is 24.2 Å². The van der Waals surface area contributed by atoms with Crippen LogP contribution >= 0.6 is 0 Å². The van der Waals surface area contributed by atoms with Crippen molar-refractivity contribution < 1.29 is 14.7 Å². The van der Waals surface area contributed by atoms with Gasteiger partial charge in [-0.15, -0.1) is 0 Å². The number of benzene rings is 1. The lowest BCUT2D eigenvalue weighted by molar-refractivity contribution is -0.123. The lowest BCUT2D eigenvalue weighted by Crippen LogP contribution is -2.50. The Hall–Kier alpha value is -2.32. The molecule has 5 heteroatoms. The number of carbonyl (C=O) groups excluding carboxylic acids is 2. The largest absolute Gasteiger partial charge is 0.384 e. The minimum absolute atomic E-state index is 0.0881. The van der Waals surface area contributed by atoms with E-state index in [9.17, 15) is 9.59 Å². The van der Waals surface area contributed by atoms with Crippen molar-refractivity contribution in [1.82, 2.24) is 10.2 Å². The quantitative estimate of drug-likeness (QED) is 0.702. The third-order valence-electron chi connectivity index (χ3n) is 3.11. The summed E-state index contributed by atoms with van der Waals surface area (Å²) in [5, 5.41) is 11.4. The number of aliphatic hydroxyl groups excluding tert-OH is 1. The van der Waals surface area contributed by atoms with Gasteiger partial charge in [0.2, 0.25) is 5.91 Å². The number of hydrogen-bond acceptors (Lipinski definition) is 3. The summed E-state index contributed by atoms with van der Waals surface area (Å²) < 4.78 is 0. The fourth-order valence-electron chi connectivity index (χ4n) is 2.05. The fourth-order valence-corrected chi connectivity index (χ4v) is 2.05. The Labute approximate surface area is 117 Å². The van der Waals surface area contributed by atoms with E-state index < -0.39 is 0 Å². The van der Waals surface area contributed by atoms with E-state index in [2.05, 4.69) is 17.2 Å². The molecular weight excluding hydrogens is 256 g/mol. The normalized spacial score (nSPS) is 14.3. The van der Waals surface area contributed by atoms with Crippen LogP contribution in [0.4, 0.5) is 0 Å². The van der Waals surface area contributed by atoms with Gasteiger partial charge < -0.3 is 15.3 Å². The summed E-state index contributed by atoms with van der Waals surface area (Å²) in [6, 6.07) is 5.32. The Bertz CT molecular complexity index is 599. The molecule has 0 saturated carbocycles. The van der Waals surface area contributed by atoms with E-state index in [4.69, 9.17) is 5.11 Å². The van der Waals surface area contributed by atoms with Crippen molar-refractivity contribution in [3.05, 3.63) is 34.9 Å². The first-order valence-electron chi connectivity index (χ1n) is 6.38. The molecule has 0 unspecified atom stereocenters. The molecule has 1 aromatic carbocycles. The highest BCUT2D eigenvalue weighted by atomic mass is 16.2. The highest BCUT2D eigenvalue weighted by Gasteiger charge is 2.23. The van der Waals surface area contributed by atoms with Gasteiger partial charge in [-0.2, -0.15) is 0 Å². The zero-order valence-corrected chi connectivity index (χ0v) is 11.3. The minimum atomic E-state index is -0.219. The molecule has 20 heavy (non-hydrogen) atoms. The van der Waals surface area contributed by atoms with Gasteiger partial charge in [0, 0.05) is 24.2 Å². The predicted molar refractivity (Wildman–Crippen MR) is 74.1 cm³/mol. The third kappa shape index (κ3) is 3.16. The molecular formula is C15H16N2O3. The molecule has 2 N–H and O–H groups in total. The molecule has 0 bridgehead atoms. The average Bonchev–Trinajstić information content (AvgIpc) is 2.45. The molecule has 1 fully saturated rings. The second kappa shape index (κ2) is 6.22. The van der Waals surface area contributed by atoms with E-state index in [1.165, 1.54) is 4.90 Å². The van der Waals surface area contributed by atoms with E-state index in [1.54, 1.807) is 12.1 Å². The summed E-state index contributed by atoms with van der Waals surface area (Å²) in [4.78, 5) is 25.3. The maximum absolute atomic E-state index is 12.4. The molecule has 1 aromatic rings. The zero-order chi connectivity index (χ0) is 14.5. The SMILES string of the molecule is Cc1ccc(C#CCO)cc1C(=O)N1CCNC(=O)C1. The Morgan fingerprint density at radius 3 is 3.00 bits per heavy atom. The molecule has 5 nitrogen and oxygen atoms in total. The van der Waals surface area contributed by atoms with Crippen LogP contribution in [0, 0.1) is 18.8 Å². The number of aryl methyl sites for hydroxylation is 1. The highest BCUT2D eigenvalue weighted by molar-refractivity contribution is 5.98. The summed E-state index contributed by atoms with van der Waals surface area (Å²) >= 11 is 0. The molecule has 0 aliphatic carbocycles. The van der Waals surface area contributed by atoms with Crippen LogP contribution in [0.3, 0.4) is 0 Å². The number of nitrogens with one attached hydrogen (secondary N) is 1. The van der Waals surface area contributed by atoms with Crippen molar-refractivity contribution in [1.29, 1.82) is 0 Å². The van der Waals surface area contributed by atoms with Crippen LogP contribution in [0.25, 0.3) is 0 Å². The molecule has 1 heterocycles. The molecule has 0 spiro atoms. The molecule has 0 atom stereocenters. The summed E-state index contributed by atoms with van der Waals surface area (Å²) in [5.74, 6) is 5.03. The second-order valence-electron chi connectivity index (χ2n) is 4.57. The molecule has 1 aliphatic rings. The standard InChI is InChI=1S/C15H16N2O3/c1-11-4-5-12(3-2-8-18)9-13(11)15(20)17-7-6-16-14(19)10-17/h4-5,9,18H,6-8,10H2,1H3,(H,16,19). The monoisotopic (exact) mass is 272 g/mol. The van der Waals surface area contributed by atoms with E-state index in [-0.39, 0.29) is 25.0 Å². The first-order valence-corrected chi connectivity index (χ1v) is 6.38. The molecule has 104 valence electrons. The highest BCUT2D eigenvalue weighted by Crippen LogP contribution is 2.14. The van der Waals surface area contributed by atoms with Gasteiger partial charge in [0.25, 0.3) is 5.91 Å². The number of carbonyl (C=O) groups is 2. The van der Waals surface area contributed by atoms with Gasteiger partial charge in [0.1, 0.15) is 6.61 Å². The second-order valence-corrected chi connectivity index (χ2v) is 4.57. The van der Waals surface area contributed by atoms with Crippen LogP contribution in [-0.2, 0) is 4.79 Å². The van der Waals surface area contributed by atoms with Gasteiger partial charge in [-0.1, -0.05) is 17.9 Å². The van der Waals surface area contributed by atoms with Crippen LogP contribution in [0.1, 0.15) is 21.5 Å². The summed E-state index contributed by atoms with van der Waals surface area (Å²) in [6.07, 6.45) is 0. The number of hydrogen-bond donors (Lipinski definition) is 2. The fraction of sp³-hybridized carbons (Fsp3) is 0.333. The number of rotatable bonds is 1. The molecule has 0 radical (unpaired) electrons. The zero-order valence-electron chi connectivity index (χ0n) is 11.3. The lowest BCUT2D eigenvalue weighted by atomic mass is 10.0. The smallest absolute Gasteiger partial charge is 0.254 e. The lowest BCUT2D eigenvalue weighted by Gasteiger charge is -2.27. The Morgan fingerprint density at radius 1 is 1.50 bits per heavy atom. The molecule has 1 saturated heterocycles. The van der Waals surface area contributed by atoms with Crippen LogP contribution in [0.2, 0.25) is 0 Å². The number of piperazine rings is 1. The molecule has 2 rings (SSSR count). The van der Waals surface area contributed by atoms with E-state index in [0.717, 1.165) is 5.56 Å². The number of aliphatic hydroxyl groups is 1. The summed E-state index contributed by atoms with van der Waals surface area (Å²) in [6.45, 7) is 2.71. The maximum Gasteiger partial charge on any atom is 0.254 e. The topological polar surface area (TPSA) is 69.6 Å². The molecule has 0 aromatic heterocycles. The van der Waals surface area contributed by atoms with Gasteiger partial charge in [-0.05, 0) is 24.6 Å². The molecule has 2 amide bonds. The van der Waals surface area contributed by atoms with Gasteiger partial charge in [0.15, 0.2) is 0 Å².